The second-order valence-corrected chi connectivity index (χ2v) is 4.03. The van der Waals surface area contributed by atoms with Crippen LogP contribution < -0.4 is 0 Å². The Kier molecular flexibility index (Phi) is 1.78. The van der Waals surface area contributed by atoms with Crippen LogP contribution in [0.2, 0.25) is 0 Å². The first-order chi connectivity index (χ1) is 5.47. The average molecular weight is 162 g/mol. The molecule has 0 amide bonds. The second-order valence-electron chi connectivity index (χ2n) is 2.20. The Hall–Kier alpha value is -1.02. The number of hydrogen-bond acceptors (Lipinski definition) is 1. The highest BCUT2D eigenvalue weighted by Crippen LogP contribution is 2.39. The van der Waals surface area contributed by atoms with Crippen LogP contribution in [-0.2, 0) is 0 Å². The number of pyridine rings is 1. The normalized spacial score (nSPS) is 17.6. The molecule has 2 rings (SSSR count). The van der Waals surface area contributed by atoms with E-state index in [4.69, 9.17) is 0 Å². The third kappa shape index (κ3) is 1.35. The lowest BCUT2D eigenvalue weighted by atomic mass is 10.5. The van der Waals surface area contributed by atoms with Crippen molar-refractivity contribution in [1.82, 2.24) is 4.98 Å². The highest BCUT2D eigenvalue weighted by atomic mass is 32.2. The first kappa shape index (κ1) is 6.68. The summed E-state index contributed by atoms with van der Waals surface area (Å²) in [7, 11) is -0.268. The van der Waals surface area contributed by atoms with Gasteiger partial charge < -0.3 is 0 Å². The van der Waals surface area contributed by atoms with Crippen molar-refractivity contribution >= 4 is 10.9 Å². The first-order valence-corrected chi connectivity index (χ1v) is 4.91. The van der Waals surface area contributed by atoms with Gasteiger partial charge in [-0.1, -0.05) is 18.2 Å². The van der Waals surface area contributed by atoms with E-state index in [1.54, 1.807) is 0 Å². The number of nitrogens with zero attached hydrogens (tertiary/aromatic N) is 1. The molecule has 0 fully saturated rings. The van der Waals surface area contributed by atoms with Gasteiger partial charge in [-0.2, -0.15) is 10.9 Å². The SMILES string of the molecule is [c]1cccnc1[SH]1C=CC=C1. The monoisotopic (exact) mass is 162 g/mol. The molecule has 1 aromatic rings. The van der Waals surface area contributed by atoms with E-state index in [-0.39, 0.29) is 10.9 Å². The van der Waals surface area contributed by atoms with Gasteiger partial charge in [0, 0.05) is 12.3 Å². The minimum absolute atomic E-state index is 0.268. The molecule has 2 heterocycles. The van der Waals surface area contributed by atoms with Crippen molar-refractivity contribution in [2.24, 2.45) is 0 Å². The van der Waals surface area contributed by atoms with Crippen molar-refractivity contribution in [3.8, 4) is 0 Å². The van der Waals surface area contributed by atoms with Crippen LogP contribution in [0.4, 0.5) is 0 Å². The molecule has 1 radical (unpaired) electrons. The molecule has 0 N–H and O–H groups in total. The van der Waals surface area contributed by atoms with Gasteiger partial charge >= 0.3 is 0 Å². The standard InChI is InChI=1S/C9H8NS/c1-2-6-10-9(5-1)11-7-3-4-8-11/h1-4,6-8,11H. The maximum atomic E-state index is 4.23. The molecular weight excluding hydrogens is 154 g/mol. The van der Waals surface area contributed by atoms with Crippen molar-refractivity contribution in [2.75, 3.05) is 0 Å². The van der Waals surface area contributed by atoms with E-state index < -0.39 is 0 Å². The number of aromatic nitrogens is 1. The van der Waals surface area contributed by atoms with Crippen LogP contribution in [-0.4, -0.2) is 4.98 Å². The fraction of sp³-hybridized carbons (Fsp3) is 0. The smallest absolute Gasteiger partial charge is 0.0913 e. The lowest BCUT2D eigenvalue weighted by Crippen LogP contribution is -1.78. The summed E-state index contributed by atoms with van der Waals surface area (Å²) in [5, 5.41) is 5.41. The number of allylic oxidation sites excluding steroid dienone is 2. The van der Waals surface area contributed by atoms with E-state index in [1.165, 1.54) is 0 Å². The highest BCUT2D eigenvalue weighted by molar-refractivity contribution is 8.22. The molecule has 1 aromatic heterocycles. The summed E-state index contributed by atoms with van der Waals surface area (Å²) in [5.74, 6) is 0. The summed E-state index contributed by atoms with van der Waals surface area (Å²) in [4.78, 5) is 4.23. The van der Waals surface area contributed by atoms with Crippen molar-refractivity contribution < 1.29 is 0 Å². The molecule has 2 heteroatoms. The third-order valence-corrected chi connectivity index (χ3v) is 3.16. The molecule has 11 heavy (non-hydrogen) atoms. The lowest BCUT2D eigenvalue weighted by Gasteiger charge is -2.06. The fourth-order valence-corrected chi connectivity index (χ4v) is 2.31. The molecule has 0 saturated heterocycles. The van der Waals surface area contributed by atoms with Crippen LogP contribution in [0, 0.1) is 6.07 Å². The molecule has 0 aromatic carbocycles. The molecule has 0 spiro atoms. The lowest BCUT2D eigenvalue weighted by molar-refractivity contribution is 1.13. The van der Waals surface area contributed by atoms with Gasteiger partial charge in [-0.15, -0.1) is 0 Å². The topological polar surface area (TPSA) is 12.9 Å². The van der Waals surface area contributed by atoms with Gasteiger partial charge in [0.15, 0.2) is 0 Å². The number of thiol groups is 1. The van der Waals surface area contributed by atoms with Crippen LogP contribution >= 0.6 is 10.9 Å². The number of hydrogen-bond donors (Lipinski definition) is 1. The molecule has 0 aliphatic carbocycles. The van der Waals surface area contributed by atoms with E-state index in [2.05, 4.69) is 34.0 Å². The second kappa shape index (κ2) is 2.93. The highest BCUT2D eigenvalue weighted by Gasteiger charge is 2.01. The zero-order valence-electron chi connectivity index (χ0n) is 5.94. The van der Waals surface area contributed by atoms with Gasteiger partial charge in [0.1, 0.15) is 0 Å². The zero-order valence-corrected chi connectivity index (χ0v) is 6.83. The molecule has 1 aliphatic heterocycles. The van der Waals surface area contributed by atoms with Gasteiger partial charge in [-0.3, -0.25) is 4.98 Å². The summed E-state index contributed by atoms with van der Waals surface area (Å²) in [6.45, 7) is 0. The van der Waals surface area contributed by atoms with E-state index in [9.17, 15) is 0 Å². The Labute approximate surface area is 68.8 Å². The van der Waals surface area contributed by atoms with Crippen molar-refractivity contribution in [1.29, 1.82) is 0 Å². The Morgan fingerprint density at radius 2 is 2.09 bits per heavy atom. The fourth-order valence-electron chi connectivity index (χ4n) is 0.934. The third-order valence-electron chi connectivity index (χ3n) is 1.44. The minimum atomic E-state index is -0.268. The Morgan fingerprint density at radius 3 is 2.73 bits per heavy atom. The molecule has 1 nitrogen and oxygen atoms in total. The van der Waals surface area contributed by atoms with Gasteiger partial charge in [0.2, 0.25) is 0 Å². The van der Waals surface area contributed by atoms with Crippen LogP contribution in [0.1, 0.15) is 0 Å². The predicted octanol–water partition coefficient (Wildman–Crippen LogP) is 2.28. The Morgan fingerprint density at radius 1 is 1.27 bits per heavy atom. The minimum Gasteiger partial charge on any atom is -0.250 e. The van der Waals surface area contributed by atoms with E-state index >= 15 is 0 Å². The van der Waals surface area contributed by atoms with Gasteiger partial charge in [-0.05, 0) is 16.9 Å². The van der Waals surface area contributed by atoms with Crippen LogP contribution in [0.15, 0.2) is 46.3 Å². The van der Waals surface area contributed by atoms with Crippen molar-refractivity contribution in [3.63, 3.8) is 0 Å². The molecule has 0 unspecified atom stereocenters. The summed E-state index contributed by atoms with van der Waals surface area (Å²) < 4.78 is 0. The summed E-state index contributed by atoms with van der Waals surface area (Å²) >= 11 is 0. The first-order valence-electron chi connectivity index (χ1n) is 3.43. The van der Waals surface area contributed by atoms with Crippen molar-refractivity contribution in [3.05, 3.63) is 47.4 Å². The quantitative estimate of drug-likeness (QED) is 0.625. The Bertz CT molecular complexity index is 278. The van der Waals surface area contributed by atoms with E-state index in [0.717, 1.165) is 5.03 Å². The largest absolute Gasteiger partial charge is 0.250 e. The molecule has 1 aliphatic rings. The molecule has 0 bridgehead atoms. The molecule has 55 valence electrons. The van der Waals surface area contributed by atoms with Crippen molar-refractivity contribution in [2.45, 2.75) is 5.03 Å². The van der Waals surface area contributed by atoms with Gasteiger partial charge in [-0.25, -0.2) is 0 Å². The average Bonchev–Trinajstić information content (AvgIpc) is 2.58. The molecular formula is C9H8NS. The molecule has 0 saturated carbocycles. The van der Waals surface area contributed by atoms with E-state index in [1.807, 2.05) is 18.3 Å². The van der Waals surface area contributed by atoms with E-state index in [0.29, 0.717) is 0 Å². The molecule has 0 atom stereocenters. The van der Waals surface area contributed by atoms with Gasteiger partial charge in [0.05, 0.1) is 5.03 Å². The van der Waals surface area contributed by atoms with Crippen LogP contribution in [0.5, 0.6) is 0 Å². The van der Waals surface area contributed by atoms with Crippen LogP contribution in [0.25, 0.3) is 0 Å². The predicted molar refractivity (Wildman–Crippen MR) is 48.6 cm³/mol. The van der Waals surface area contributed by atoms with Gasteiger partial charge in [0.25, 0.3) is 0 Å². The maximum Gasteiger partial charge on any atom is 0.0913 e. The zero-order chi connectivity index (χ0) is 7.52. The summed E-state index contributed by atoms with van der Waals surface area (Å²) in [6, 6.07) is 6.92. The Balaban J connectivity index is 2.30. The number of rotatable bonds is 1. The summed E-state index contributed by atoms with van der Waals surface area (Å²) in [5.41, 5.74) is 0. The van der Waals surface area contributed by atoms with Crippen LogP contribution in [0.3, 0.4) is 0 Å². The summed E-state index contributed by atoms with van der Waals surface area (Å²) in [6.07, 6.45) is 5.94. The maximum absolute atomic E-state index is 4.23.